The Bertz CT molecular complexity index is 776. The molecule has 0 aliphatic carbocycles. The van der Waals surface area contributed by atoms with Crippen LogP contribution < -0.4 is 5.32 Å². The Hall–Kier alpha value is -1.96. The first-order chi connectivity index (χ1) is 11.4. The van der Waals surface area contributed by atoms with E-state index in [0.717, 1.165) is 17.8 Å². The van der Waals surface area contributed by atoms with E-state index in [1.165, 1.54) is 7.11 Å². The van der Waals surface area contributed by atoms with Crippen LogP contribution in [0.4, 0.5) is 0 Å². The third kappa shape index (κ3) is 3.43. The first-order valence-electron chi connectivity index (χ1n) is 7.56. The number of carbonyl (C=O) groups is 1. The maximum Gasteiger partial charge on any atom is 0.335 e. The van der Waals surface area contributed by atoms with E-state index < -0.39 is 11.9 Å². The summed E-state index contributed by atoms with van der Waals surface area (Å²) in [4.78, 5) is 16.1. The molecule has 0 radical (unpaired) electrons. The summed E-state index contributed by atoms with van der Waals surface area (Å²) in [6, 6.07) is 5.08. The highest BCUT2D eigenvalue weighted by Gasteiger charge is 2.36. The second-order valence-corrected chi connectivity index (χ2v) is 6.32. The largest absolute Gasteiger partial charge is 0.466 e. The lowest BCUT2D eigenvalue weighted by Gasteiger charge is -2.30. The first kappa shape index (κ1) is 18.4. The average Bonchev–Trinajstić information content (AvgIpc) is 2.54. The number of carbonyl (C=O) groups excluding carboxylic acids is 1. The summed E-state index contributed by atoms with van der Waals surface area (Å²) >= 11 is 12.4. The van der Waals surface area contributed by atoms with Gasteiger partial charge in [-0.05, 0) is 31.0 Å². The van der Waals surface area contributed by atoms with Crippen molar-refractivity contribution in [3.63, 3.8) is 0 Å². The number of halogens is 2. The molecule has 0 saturated heterocycles. The van der Waals surface area contributed by atoms with E-state index in [-0.39, 0.29) is 0 Å². The van der Waals surface area contributed by atoms with Crippen LogP contribution in [0, 0.1) is 6.57 Å². The molecule has 1 atom stereocenters. The van der Waals surface area contributed by atoms with Crippen molar-refractivity contribution in [3.05, 3.63) is 67.9 Å². The molecule has 1 aromatic carbocycles. The zero-order chi connectivity index (χ0) is 17.9. The van der Waals surface area contributed by atoms with Gasteiger partial charge in [0.15, 0.2) is 5.70 Å². The van der Waals surface area contributed by atoms with Gasteiger partial charge in [-0.25, -0.2) is 9.64 Å². The van der Waals surface area contributed by atoms with Gasteiger partial charge in [0.25, 0.3) is 0 Å². The number of hydrogen-bond acceptors (Lipinski definition) is 3. The second kappa shape index (κ2) is 7.74. The van der Waals surface area contributed by atoms with Crippen LogP contribution in [0.15, 0.2) is 40.9 Å². The quantitative estimate of drug-likeness (QED) is 0.599. The lowest BCUT2D eigenvalue weighted by atomic mass is 9.83. The van der Waals surface area contributed by atoms with Crippen LogP contribution in [0.1, 0.15) is 38.2 Å². The molecule has 2 rings (SSSR count). The molecule has 24 heavy (non-hydrogen) atoms. The van der Waals surface area contributed by atoms with Gasteiger partial charge in [-0.1, -0.05) is 42.6 Å². The second-order valence-electron chi connectivity index (χ2n) is 5.48. The predicted molar refractivity (Wildman–Crippen MR) is 95.6 cm³/mol. The number of ether oxygens (including phenoxy) is 1. The minimum atomic E-state index is -0.567. The zero-order valence-corrected chi connectivity index (χ0v) is 15.3. The molecule has 1 aromatic rings. The lowest BCUT2D eigenvalue weighted by molar-refractivity contribution is -0.136. The summed E-state index contributed by atoms with van der Waals surface area (Å²) in [7, 11) is 1.34. The number of esters is 1. The van der Waals surface area contributed by atoms with Crippen LogP contribution in [-0.2, 0) is 9.53 Å². The van der Waals surface area contributed by atoms with E-state index in [4.69, 9.17) is 34.5 Å². The fourth-order valence-electron chi connectivity index (χ4n) is 2.87. The highest BCUT2D eigenvalue weighted by molar-refractivity contribution is 6.35. The van der Waals surface area contributed by atoms with Gasteiger partial charge in [-0.2, -0.15) is 0 Å². The molecule has 1 heterocycles. The van der Waals surface area contributed by atoms with Crippen LogP contribution in [-0.4, -0.2) is 13.1 Å². The van der Waals surface area contributed by atoms with Crippen molar-refractivity contribution in [1.29, 1.82) is 0 Å². The van der Waals surface area contributed by atoms with Crippen LogP contribution in [0.2, 0.25) is 10.0 Å². The molecular formula is C18H18Cl2N2O2. The number of methoxy groups -OCH3 is 1. The van der Waals surface area contributed by atoms with Crippen molar-refractivity contribution in [2.45, 2.75) is 32.6 Å². The van der Waals surface area contributed by atoms with Crippen LogP contribution >= 0.6 is 23.2 Å². The summed E-state index contributed by atoms with van der Waals surface area (Å²) in [5.74, 6) is -1.03. The Morgan fingerprint density at radius 2 is 2.12 bits per heavy atom. The fourth-order valence-corrected chi connectivity index (χ4v) is 3.39. The number of allylic oxidation sites excluding steroid dienone is 3. The normalized spacial score (nSPS) is 17.4. The Morgan fingerprint density at radius 3 is 2.67 bits per heavy atom. The van der Waals surface area contributed by atoms with Crippen LogP contribution in [0.3, 0.4) is 0 Å². The lowest BCUT2D eigenvalue weighted by Crippen LogP contribution is -2.29. The van der Waals surface area contributed by atoms with Crippen molar-refractivity contribution in [3.8, 4) is 0 Å². The fraction of sp³-hybridized carbons (Fsp3) is 0.333. The van der Waals surface area contributed by atoms with Crippen molar-refractivity contribution in [2.75, 3.05) is 7.11 Å². The molecule has 4 nitrogen and oxygen atoms in total. The molecule has 1 aliphatic rings. The maximum atomic E-state index is 12.5. The minimum Gasteiger partial charge on any atom is -0.466 e. The van der Waals surface area contributed by atoms with E-state index in [1.807, 2.05) is 13.8 Å². The number of hydrogen-bond donors (Lipinski definition) is 1. The first-order valence-corrected chi connectivity index (χ1v) is 8.31. The van der Waals surface area contributed by atoms with Crippen LogP contribution in [0.25, 0.3) is 4.85 Å². The molecule has 0 aromatic heterocycles. The van der Waals surface area contributed by atoms with Crippen molar-refractivity contribution >= 4 is 29.2 Å². The van der Waals surface area contributed by atoms with Gasteiger partial charge in [-0.15, -0.1) is 0 Å². The highest BCUT2D eigenvalue weighted by Crippen LogP contribution is 2.43. The minimum absolute atomic E-state index is 0.417. The van der Waals surface area contributed by atoms with E-state index in [9.17, 15) is 4.79 Å². The molecule has 1 N–H and O–H groups in total. The SMILES string of the molecule is [C-]#[N+]C1=C(C)NC(CCC)=C(C(=O)OC)C1c1ccc(Cl)cc1Cl. The number of benzene rings is 1. The Morgan fingerprint density at radius 1 is 1.42 bits per heavy atom. The highest BCUT2D eigenvalue weighted by atomic mass is 35.5. The Balaban J connectivity index is 2.73. The molecule has 0 spiro atoms. The van der Waals surface area contributed by atoms with Crippen molar-refractivity contribution in [2.24, 2.45) is 0 Å². The van der Waals surface area contributed by atoms with E-state index in [1.54, 1.807) is 18.2 Å². The predicted octanol–water partition coefficient (Wildman–Crippen LogP) is 5.06. The van der Waals surface area contributed by atoms with E-state index in [0.29, 0.717) is 33.3 Å². The van der Waals surface area contributed by atoms with Crippen LogP contribution in [0.5, 0.6) is 0 Å². The molecule has 0 fully saturated rings. The topological polar surface area (TPSA) is 42.7 Å². The summed E-state index contributed by atoms with van der Waals surface area (Å²) in [6.45, 7) is 11.4. The Labute approximate surface area is 151 Å². The molecule has 126 valence electrons. The van der Waals surface area contributed by atoms with Gasteiger partial charge in [0.2, 0.25) is 0 Å². The van der Waals surface area contributed by atoms with Gasteiger partial charge in [0.05, 0.1) is 25.2 Å². The molecule has 1 unspecified atom stereocenters. The van der Waals surface area contributed by atoms with E-state index in [2.05, 4.69) is 10.2 Å². The number of rotatable bonds is 4. The zero-order valence-electron chi connectivity index (χ0n) is 13.7. The third-order valence-corrected chi connectivity index (χ3v) is 4.47. The molecule has 0 saturated carbocycles. The van der Waals surface area contributed by atoms with Gasteiger partial charge in [0, 0.05) is 21.4 Å². The van der Waals surface area contributed by atoms with Crippen molar-refractivity contribution in [1.82, 2.24) is 5.32 Å². The number of dihydropyridines is 1. The van der Waals surface area contributed by atoms with Gasteiger partial charge in [-0.3, -0.25) is 0 Å². The average molecular weight is 365 g/mol. The maximum absolute atomic E-state index is 12.5. The Kier molecular flexibility index (Phi) is 5.93. The monoisotopic (exact) mass is 364 g/mol. The van der Waals surface area contributed by atoms with E-state index >= 15 is 0 Å². The van der Waals surface area contributed by atoms with Gasteiger partial charge >= 0.3 is 5.97 Å². The third-order valence-electron chi connectivity index (χ3n) is 3.91. The number of nitrogens with zero attached hydrogens (tertiary/aromatic N) is 1. The molecular weight excluding hydrogens is 347 g/mol. The van der Waals surface area contributed by atoms with Gasteiger partial charge < -0.3 is 10.1 Å². The summed E-state index contributed by atoms with van der Waals surface area (Å²) in [6.07, 6.45) is 1.53. The van der Waals surface area contributed by atoms with Crippen molar-refractivity contribution < 1.29 is 9.53 Å². The standard InChI is InChI=1S/C18H18Cl2N2O2/c1-5-6-14-16(18(23)24-4)15(17(21-3)10(2)22-14)12-8-7-11(19)9-13(12)20/h7-9,15,22H,5-6H2,1-2,4H3. The molecule has 0 bridgehead atoms. The molecule has 1 aliphatic heterocycles. The molecule has 6 heteroatoms. The number of nitrogens with one attached hydrogen (secondary N) is 1. The smallest absolute Gasteiger partial charge is 0.335 e. The summed E-state index contributed by atoms with van der Waals surface area (Å²) < 4.78 is 4.98. The molecule has 0 amide bonds. The summed E-state index contributed by atoms with van der Waals surface area (Å²) in [5, 5.41) is 4.11. The summed E-state index contributed by atoms with van der Waals surface area (Å²) in [5.41, 5.74) is 3.02. The van der Waals surface area contributed by atoms with Gasteiger partial charge in [0.1, 0.15) is 0 Å².